The summed E-state index contributed by atoms with van der Waals surface area (Å²) < 4.78 is 5.72. The Hall–Kier alpha value is -0.120. The van der Waals surface area contributed by atoms with Gasteiger partial charge in [0.15, 0.2) is 0 Å². The number of nitrogens with zero attached hydrogens (tertiary/aromatic N) is 2. The molecule has 2 saturated heterocycles. The zero-order valence-corrected chi connectivity index (χ0v) is 7.99. The first-order chi connectivity index (χ1) is 5.81. The summed E-state index contributed by atoms with van der Waals surface area (Å²) in [6, 6.07) is 0.652. The van der Waals surface area contributed by atoms with E-state index in [4.69, 9.17) is 4.74 Å². The zero-order chi connectivity index (χ0) is 8.55. The maximum atomic E-state index is 5.72. The molecule has 2 aliphatic rings. The Morgan fingerprint density at radius 3 is 2.92 bits per heavy atom. The van der Waals surface area contributed by atoms with E-state index in [-0.39, 0.29) is 0 Å². The van der Waals surface area contributed by atoms with Crippen LogP contribution in [-0.2, 0) is 4.74 Å². The number of fused-ring (bicyclic) bond motifs is 1. The number of rotatable bonds is 1. The first-order valence-electron chi connectivity index (χ1n) is 4.85. The first-order valence-corrected chi connectivity index (χ1v) is 4.85. The number of hydrogen-bond donors (Lipinski definition) is 0. The summed E-state index contributed by atoms with van der Waals surface area (Å²) in [4.78, 5) is 4.90. The molecule has 0 amide bonds. The quantitative estimate of drug-likeness (QED) is 0.552. The van der Waals surface area contributed by atoms with Crippen molar-refractivity contribution in [1.82, 2.24) is 9.80 Å². The summed E-state index contributed by atoms with van der Waals surface area (Å²) in [5.41, 5.74) is 0. The van der Waals surface area contributed by atoms with Gasteiger partial charge in [0.25, 0.3) is 0 Å². The Kier molecular flexibility index (Phi) is 2.35. The lowest BCUT2D eigenvalue weighted by Gasteiger charge is -2.33. The average Bonchev–Trinajstić information content (AvgIpc) is 2.49. The van der Waals surface area contributed by atoms with Gasteiger partial charge in [-0.3, -0.25) is 9.80 Å². The fourth-order valence-electron chi connectivity index (χ4n) is 2.19. The highest BCUT2D eigenvalue weighted by molar-refractivity contribution is 4.92. The van der Waals surface area contributed by atoms with Crippen LogP contribution in [0.15, 0.2) is 0 Å². The number of hydrogen-bond acceptors (Lipinski definition) is 3. The van der Waals surface area contributed by atoms with Crippen molar-refractivity contribution in [2.45, 2.75) is 19.1 Å². The minimum absolute atomic E-state index is 0.476. The highest BCUT2D eigenvalue weighted by Crippen LogP contribution is 2.20. The Balaban J connectivity index is 1.99. The molecule has 0 N–H and O–H groups in total. The van der Waals surface area contributed by atoms with Crippen LogP contribution in [-0.4, -0.2) is 61.8 Å². The molecule has 0 aromatic carbocycles. The Labute approximate surface area is 74.3 Å². The Morgan fingerprint density at radius 2 is 2.25 bits per heavy atom. The van der Waals surface area contributed by atoms with Gasteiger partial charge in [0, 0.05) is 25.7 Å². The van der Waals surface area contributed by atoms with Gasteiger partial charge >= 0.3 is 0 Å². The van der Waals surface area contributed by atoms with Gasteiger partial charge in [0.2, 0.25) is 0 Å². The maximum absolute atomic E-state index is 5.72. The molecule has 0 aliphatic carbocycles. The number of likely N-dealkylation sites (tertiary alicyclic amines) is 1. The second-order valence-electron chi connectivity index (χ2n) is 3.81. The van der Waals surface area contributed by atoms with Crippen LogP contribution in [0.3, 0.4) is 0 Å². The smallest absolute Gasteiger partial charge is 0.0869 e. The summed E-state index contributed by atoms with van der Waals surface area (Å²) in [7, 11) is 2.21. The monoisotopic (exact) mass is 170 g/mol. The van der Waals surface area contributed by atoms with E-state index in [2.05, 4.69) is 23.8 Å². The predicted molar refractivity (Wildman–Crippen MR) is 48.3 cm³/mol. The van der Waals surface area contributed by atoms with Gasteiger partial charge in [-0.2, -0.15) is 0 Å². The Morgan fingerprint density at radius 1 is 1.42 bits per heavy atom. The molecule has 3 heteroatoms. The van der Waals surface area contributed by atoms with Crippen LogP contribution in [0.4, 0.5) is 0 Å². The van der Waals surface area contributed by atoms with Gasteiger partial charge in [-0.1, -0.05) is 6.92 Å². The summed E-state index contributed by atoms with van der Waals surface area (Å²) in [5, 5.41) is 0. The van der Waals surface area contributed by atoms with Crippen LogP contribution in [0.1, 0.15) is 6.92 Å². The molecule has 2 aliphatic heterocycles. The van der Waals surface area contributed by atoms with E-state index in [0.29, 0.717) is 12.1 Å². The lowest BCUT2D eigenvalue weighted by molar-refractivity contribution is -0.0369. The van der Waals surface area contributed by atoms with Crippen molar-refractivity contribution in [2.75, 3.05) is 39.8 Å². The van der Waals surface area contributed by atoms with E-state index >= 15 is 0 Å². The number of morpholine rings is 1. The molecular formula is C9H18N2O. The highest BCUT2D eigenvalue weighted by Gasteiger charge is 2.37. The van der Waals surface area contributed by atoms with E-state index in [0.717, 1.165) is 26.2 Å². The fraction of sp³-hybridized carbons (Fsp3) is 1.00. The summed E-state index contributed by atoms with van der Waals surface area (Å²) in [6.07, 6.45) is 0.476. The maximum Gasteiger partial charge on any atom is 0.0869 e. The van der Waals surface area contributed by atoms with Crippen molar-refractivity contribution >= 4 is 0 Å². The van der Waals surface area contributed by atoms with Crippen LogP contribution in [0.25, 0.3) is 0 Å². The van der Waals surface area contributed by atoms with Crippen LogP contribution < -0.4 is 0 Å². The van der Waals surface area contributed by atoms with E-state index in [9.17, 15) is 0 Å². The summed E-state index contributed by atoms with van der Waals surface area (Å²) >= 11 is 0. The topological polar surface area (TPSA) is 15.7 Å². The normalized spacial score (nSPS) is 38.5. The van der Waals surface area contributed by atoms with Crippen molar-refractivity contribution in [3.63, 3.8) is 0 Å². The Bertz CT molecular complexity index is 163. The third kappa shape index (κ3) is 1.37. The van der Waals surface area contributed by atoms with Crippen LogP contribution in [0.5, 0.6) is 0 Å². The molecule has 0 saturated carbocycles. The van der Waals surface area contributed by atoms with Gasteiger partial charge in [-0.15, -0.1) is 0 Å². The number of likely N-dealkylation sites (N-methyl/N-ethyl adjacent to an activating group) is 2. The van der Waals surface area contributed by atoms with E-state index < -0.39 is 0 Å². The van der Waals surface area contributed by atoms with Crippen molar-refractivity contribution in [1.29, 1.82) is 0 Å². The molecule has 70 valence electrons. The summed E-state index contributed by atoms with van der Waals surface area (Å²) in [6.45, 7) is 7.71. The van der Waals surface area contributed by atoms with Crippen molar-refractivity contribution in [3.05, 3.63) is 0 Å². The first kappa shape index (κ1) is 8.48. The molecule has 3 nitrogen and oxygen atoms in total. The van der Waals surface area contributed by atoms with Crippen molar-refractivity contribution in [3.8, 4) is 0 Å². The largest absolute Gasteiger partial charge is 0.374 e. The molecule has 2 fully saturated rings. The lowest BCUT2D eigenvalue weighted by Crippen LogP contribution is -2.48. The zero-order valence-electron chi connectivity index (χ0n) is 7.99. The van der Waals surface area contributed by atoms with Gasteiger partial charge in [-0.25, -0.2) is 0 Å². The lowest BCUT2D eigenvalue weighted by atomic mass is 10.1. The van der Waals surface area contributed by atoms with Gasteiger partial charge in [0.05, 0.1) is 12.7 Å². The molecule has 0 spiro atoms. The van der Waals surface area contributed by atoms with Gasteiger partial charge in [0.1, 0.15) is 0 Å². The molecule has 2 rings (SSSR count). The van der Waals surface area contributed by atoms with E-state index in [1.807, 2.05) is 0 Å². The number of ether oxygens (including phenoxy) is 1. The molecule has 2 heterocycles. The highest BCUT2D eigenvalue weighted by atomic mass is 16.5. The van der Waals surface area contributed by atoms with Crippen LogP contribution in [0, 0.1) is 0 Å². The second-order valence-corrected chi connectivity index (χ2v) is 3.81. The van der Waals surface area contributed by atoms with Crippen LogP contribution in [0.2, 0.25) is 0 Å². The minimum atomic E-state index is 0.476. The van der Waals surface area contributed by atoms with E-state index in [1.165, 1.54) is 6.54 Å². The molecular weight excluding hydrogens is 152 g/mol. The minimum Gasteiger partial charge on any atom is -0.374 e. The molecule has 0 aromatic rings. The van der Waals surface area contributed by atoms with Crippen LogP contribution >= 0.6 is 0 Å². The molecule has 0 radical (unpaired) electrons. The third-order valence-corrected chi connectivity index (χ3v) is 3.10. The second kappa shape index (κ2) is 3.32. The van der Waals surface area contributed by atoms with Crippen molar-refractivity contribution in [2.24, 2.45) is 0 Å². The van der Waals surface area contributed by atoms with Crippen molar-refractivity contribution < 1.29 is 4.74 Å². The molecule has 12 heavy (non-hydrogen) atoms. The predicted octanol–water partition coefficient (Wildman–Crippen LogP) is 0.0211. The SMILES string of the molecule is CCN1C[C@H]2OCCN(C)[C@H]2C1. The molecule has 0 unspecified atom stereocenters. The summed E-state index contributed by atoms with van der Waals surface area (Å²) in [5.74, 6) is 0. The molecule has 2 atom stereocenters. The van der Waals surface area contributed by atoms with E-state index in [1.54, 1.807) is 0 Å². The molecule has 0 bridgehead atoms. The fourth-order valence-corrected chi connectivity index (χ4v) is 2.19. The third-order valence-electron chi connectivity index (χ3n) is 3.10. The van der Waals surface area contributed by atoms with Gasteiger partial charge < -0.3 is 4.74 Å². The standard InChI is InChI=1S/C9H18N2O/c1-3-11-6-8-9(7-11)12-5-4-10(8)2/h8-9H,3-7H2,1-2H3/t8-,9+/m0/s1. The molecule has 0 aromatic heterocycles. The van der Waals surface area contributed by atoms with Gasteiger partial charge in [-0.05, 0) is 13.6 Å². The average molecular weight is 170 g/mol.